The molecule has 108 valence electrons. The van der Waals surface area contributed by atoms with Crippen LogP contribution >= 0.6 is 0 Å². The zero-order chi connectivity index (χ0) is 15.1. The van der Waals surface area contributed by atoms with Gasteiger partial charge in [0.2, 0.25) is 0 Å². The van der Waals surface area contributed by atoms with Crippen molar-refractivity contribution in [1.29, 1.82) is 5.26 Å². The summed E-state index contributed by atoms with van der Waals surface area (Å²) >= 11 is 0. The zero-order valence-corrected chi connectivity index (χ0v) is 12.7. The van der Waals surface area contributed by atoms with E-state index in [1.807, 2.05) is 6.07 Å². The molecule has 0 N–H and O–H groups in total. The Morgan fingerprint density at radius 1 is 1.05 bits per heavy atom. The van der Waals surface area contributed by atoms with E-state index in [0.717, 1.165) is 37.1 Å². The second kappa shape index (κ2) is 7.44. The summed E-state index contributed by atoms with van der Waals surface area (Å²) < 4.78 is 0. The van der Waals surface area contributed by atoms with Crippen molar-refractivity contribution in [3.05, 3.63) is 48.3 Å². The maximum absolute atomic E-state index is 9.16. The molecule has 2 rings (SSSR count). The molecule has 0 atom stereocenters. The average molecular weight is 279 g/mol. The predicted molar refractivity (Wildman–Crippen MR) is 87.2 cm³/mol. The number of pyridine rings is 1. The molecule has 0 unspecified atom stereocenters. The maximum atomic E-state index is 9.16. The second-order valence-electron chi connectivity index (χ2n) is 5.07. The highest BCUT2D eigenvalue weighted by Crippen LogP contribution is 2.25. The standard InChI is InChI=1S/C18H21N3/c1-3-11-21(12-4-2)17-7-5-15(6-8-17)18-9-10-20-14-16(18)13-19/h5-10,14H,3-4,11-12H2,1-2H3. The van der Waals surface area contributed by atoms with E-state index in [4.69, 9.17) is 5.26 Å². The van der Waals surface area contributed by atoms with Crippen molar-refractivity contribution in [2.24, 2.45) is 0 Å². The molecule has 3 heteroatoms. The van der Waals surface area contributed by atoms with Crippen LogP contribution in [0, 0.1) is 11.3 Å². The Labute approximate surface area is 126 Å². The van der Waals surface area contributed by atoms with Gasteiger partial charge in [-0.3, -0.25) is 4.98 Å². The Morgan fingerprint density at radius 2 is 1.71 bits per heavy atom. The molecular formula is C18H21N3. The molecular weight excluding hydrogens is 258 g/mol. The molecule has 3 nitrogen and oxygen atoms in total. The van der Waals surface area contributed by atoms with E-state index in [1.165, 1.54) is 5.69 Å². The lowest BCUT2D eigenvalue weighted by molar-refractivity contribution is 0.745. The minimum absolute atomic E-state index is 0.615. The number of rotatable bonds is 6. The van der Waals surface area contributed by atoms with Gasteiger partial charge in [0.15, 0.2) is 0 Å². The summed E-state index contributed by atoms with van der Waals surface area (Å²) in [6.45, 7) is 6.55. The van der Waals surface area contributed by atoms with Crippen molar-refractivity contribution in [3.8, 4) is 17.2 Å². The summed E-state index contributed by atoms with van der Waals surface area (Å²) in [5.74, 6) is 0. The van der Waals surface area contributed by atoms with Crippen molar-refractivity contribution in [3.63, 3.8) is 0 Å². The molecule has 0 aliphatic heterocycles. The van der Waals surface area contributed by atoms with Crippen molar-refractivity contribution in [1.82, 2.24) is 4.98 Å². The largest absolute Gasteiger partial charge is 0.372 e. The summed E-state index contributed by atoms with van der Waals surface area (Å²) in [6, 6.07) is 12.5. The van der Waals surface area contributed by atoms with E-state index in [-0.39, 0.29) is 0 Å². The van der Waals surface area contributed by atoms with Gasteiger partial charge in [-0.1, -0.05) is 26.0 Å². The van der Waals surface area contributed by atoms with Gasteiger partial charge in [0.05, 0.1) is 5.56 Å². The Hall–Kier alpha value is -2.34. The van der Waals surface area contributed by atoms with Crippen molar-refractivity contribution >= 4 is 5.69 Å². The molecule has 1 aromatic carbocycles. The smallest absolute Gasteiger partial charge is 0.101 e. The van der Waals surface area contributed by atoms with Gasteiger partial charge < -0.3 is 4.90 Å². The molecule has 2 aromatic rings. The van der Waals surface area contributed by atoms with Gasteiger partial charge in [-0.15, -0.1) is 0 Å². The Morgan fingerprint density at radius 3 is 2.29 bits per heavy atom. The van der Waals surface area contributed by atoms with Crippen LogP contribution < -0.4 is 4.90 Å². The van der Waals surface area contributed by atoms with Gasteiger partial charge in [0, 0.05) is 36.7 Å². The Balaban J connectivity index is 2.28. The molecule has 0 saturated carbocycles. The fourth-order valence-corrected chi connectivity index (χ4v) is 2.50. The van der Waals surface area contributed by atoms with Gasteiger partial charge in [0.25, 0.3) is 0 Å². The van der Waals surface area contributed by atoms with Crippen molar-refractivity contribution in [2.75, 3.05) is 18.0 Å². The summed E-state index contributed by atoms with van der Waals surface area (Å²) in [4.78, 5) is 6.41. The summed E-state index contributed by atoms with van der Waals surface area (Å²) in [5.41, 5.74) is 3.86. The minimum Gasteiger partial charge on any atom is -0.372 e. The van der Waals surface area contributed by atoms with E-state index in [2.05, 4.69) is 54.1 Å². The van der Waals surface area contributed by atoms with Crippen LogP contribution in [0.1, 0.15) is 32.3 Å². The van der Waals surface area contributed by atoms with E-state index >= 15 is 0 Å². The lowest BCUT2D eigenvalue weighted by atomic mass is 10.0. The highest BCUT2D eigenvalue weighted by molar-refractivity contribution is 5.71. The second-order valence-corrected chi connectivity index (χ2v) is 5.07. The molecule has 21 heavy (non-hydrogen) atoms. The fraction of sp³-hybridized carbons (Fsp3) is 0.333. The van der Waals surface area contributed by atoms with Crippen molar-refractivity contribution < 1.29 is 0 Å². The van der Waals surface area contributed by atoms with Crippen LogP contribution in [0.3, 0.4) is 0 Å². The molecule has 0 amide bonds. The number of anilines is 1. The third-order valence-corrected chi connectivity index (χ3v) is 3.47. The first-order valence-corrected chi connectivity index (χ1v) is 7.49. The van der Waals surface area contributed by atoms with Crippen LogP contribution in [0.4, 0.5) is 5.69 Å². The van der Waals surface area contributed by atoms with Crippen LogP contribution in [-0.2, 0) is 0 Å². The zero-order valence-electron chi connectivity index (χ0n) is 12.7. The minimum atomic E-state index is 0.615. The van der Waals surface area contributed by atoms with E-state index in [0.29, 0.717) is 5.56 Å². The summed E-state index contributed by atoms with van der Waals surface area (Å²) in [5, 5.41) is 9.16. The third kappa shape index (κ3) is 3.61. The third-order valence-electron chi connectivity index (χ3n) is 3.47. The Bertz CT molecular complexity index is 605. The van der Waals surface area contributed by atoms with E-state index in [1.54, 1.807) is 12.4 Å². The highest BCUT2D eigenvalue weighted by Gasteiger charge is 2.07. The van der Waals surface area contributed by atoms with Gasteiger partial charge >= 0.3 is 0 Å². The molecule has 0 spiro atoms. The fourth-order valence-electron chi connectivity index (χ4n) is 2.50. The van der Waals surface area contributed by atoms with Crippen LogP contribution in [0.5, 0.6) is 0 Å². The number of nitrogens with zero attached hydrogens (tertiary/aromatic N) is 3. The normalized spacial score (nSPS) is 10.1. The van der Waals surface area contributed by atoms with Gasteiger partial charge in [0.1, 0.15) is 6.07 Å². The lowest BCUT2D eigenvalue weighted by Crippen LogP contribution is -2.24. The van der Waals surface area contributed by atoms with Gasteiger partial charge in [-0.2, -0.15) is 5.26 Å². The number of aromatic nitrogens is 1. The molecule has 0 saturated heterocycles. The highest BCUT2D eigenvalue weighted by atomic mass is 15.1. The molecule has 1 aromatic heterocycles. The molecule has 0 radical (unpaired) electrons. The van der Waals surface area contributed by atoms with E-state index < -0.39 is 0 Å². The first-order valence-electron chi connectivity index (χ1n) is 7.49. The molecule has 0 bridgehead atoms. The van der Waals surface area contributed by atoms with Crippen molar-refractivity contribution in [2.45, 2.75) is 26.7 Å². The van der Waals surface area contributed by atoms with Crippen LogP contribution in [0.2, 0.25) is 0 Å². The molecule has 0 aliphatic carbocycles. The topological polar surface area (TPSA) is 39.9 Å². The first kappa shape index (κ1) is 15.1. The monoisotopic (exact) mass is 279 g/mol. The maximum Gasteiger partial charge on any atom is 0.101 e. The van der Waals surface area contributed by atoms with Gasteiger partial charge in [-0.25, -0.2) is 0 Å². The number of hydrogen-bond donors (Lipinski definition) is 0. The quantitative estimate of drug-likeness (QED) is 0.793. The predicted octanol–water partition coefficient (Wildman–Crippen LogP) is 4.25. The number of benzene rings is 1. The van der Waals surface area contributed by atoms with Gasteiger partial charge in [-0.05, 0) is 36.6 Å². The summed E-state index contributed by atoms with van der Waals surface area (Å²) in [7, 11) is 0. The first-order chi connectivity index (χ1) is 10.3. The Kier molecular flexibility index (Phi) is 5.34. The average Bonchev–Trinajstić information content (AvgIpc) is 2.55. The number of nitriles is 1. The van der Waals surface area contributed by atoms with Crippen LogP contribution in [0.15, 0.2) is 42.7 Å². The SMILES string of the molecule is CCCN(CCC)c1ccc(-c2ccncc2C#N)cc1. The van der Waals surface area contributed by atoms with Crippen LogP contribution in [-0.4, -0.2) is 18.1 Å². The van der Waals surface area contributed by atoms with Crippen LogP contribution in [0.25, 0.3) is 11.1 Å². The number of hydrogen-bond acceptors (Lipinski definition) is 3. The van der Waals surface area contributed by atoms with E-state index in [9.17, 15) is 0 Å². The summed E-state index contributed by atoms with van der Waals surface area (Å²) in [6.07, 6.45) is 5.63. The molecule has 0 fully saturated rings. The lowest BCUT2D eigenvalue weighted by Gasteiger charge is -2.24. The molecule has 1 heterocycles. The molecule has 0 aliphatic rings.